The third-order valence-electron chi connectivity index (χ3n) is 6.62. The van der Waals surface area contributed by atoms with E-state index in [1.165, 1.54) is 12.8 Å². The van der Waals surface area contributed by atoms with Crippen LogP contribution in [0.15, 0.2) is 54.1 Å². The minimum atomic E-state index is -0.167. The van der Waals surface area contributed by atoms with E-state index < -0.39 is 0 Å². The van der Waals surface area contributed by atoms with Crippen molar-refractivity contribution in [1.82, 2.24) is 25.9 Å². The number of anilines is 2. The average Bonchev–Trinajstić information content (AvgIpc) is 3.47. The first-order valence-electron chi connectivity index (χ1n) is 12.4. The van der Waals surface area contributed by atoms with Crippen molar-refractivity contribution in [1.29, 1.82) is 5.26 Å². The summed E-state index contributed by atoms with van der Waals surface area (Å²) in [5.41, 5.74) is 11.6. The van der Waals surface area contributed by atoms with E-state index in [4.69, 9.17) is 11.6 Å². The van der Waals surface area contributed by atoms with E-state index in [0.717, 1.165) is 44.7 Å². The lowest BCUT2D eigenvalue weighted by Gasteiger charge is -2.22. The van der Waals surface area contributed by atoms with Gasteiger partial charge in [0, 0.05) is 53.8 Å². The predicted molar refractivity (Wildman–Crippen MR) is 150 cm³/mol. The Kier molecular flexibility index (Phi) is 6.24. The maximum atomic E-state index is 9.76. The second kappa shape index (κ2) is 9.71. The van der Waals surface area contributed by atoms with Crippen molar-refractivity contribution in [2.45, 2.75) is 38.8 Å². The molecule has 0 amide bonds. The van der Waals surface area contributed by atoms with E-state index in [-0.39, 0.29) is 6.04 Å². The van der Waals surface area contributed by atoms with Gasteiger partial charge in [0.25, 0.3) is 0 Å². The molecule has 1 fully saturated rings. The number of thiophene rings is 1. The Morgan fingerprint density at radius 2 is 2.14 bits per heavy atom. The maximum absolute atomic E-state index is 9.76. The summed E-state index contributed by atoms with van der Waals surface area (Å²) in [5.74, 6) is 0.416. The summed E-state index contributed by atoms with van der Waals surface area (Å²) in [7, 11) is 0. The van der Waals surface area contributed by atoms with Gasteiger partial charge in [0.1, 0.15) is 6.07 Å². The fourth-order valence-electron chi connectivity index (χ4n) is 4.58. The summed E-state index contributed by atoms with van der Waals surface area (Å²) in [6.07, 6.45) is 9.84. The molecule has 1 atom stereocenters. The van der Waals surface area contributed by atoms with Gasteiger partial charge >= 0.3 is 0 Å². The normalized spacial score (nSPS) is 16.1. The number of aromatic nitrogens is 2. The Morgan fingerprint density at radius 1 is 1.27 bits per heavy atom. The lowest BCUT2D eigenvalue weighted by molar-refractivity contribution is 0.260. The van der Waals surface area contributed by atoms with E-state index in [0.29, 0.717) is 28.1 Å². The van der Waals surface area contributed by atoms with Crippen LogP contribution in [-0.4, -0.2) is 27.6 Å². The average molecular weight is 531 g/mol. The molecule has 0 saturated heterocycles. The standard InChI is InChI=1S/C27H27ClN8S/c1-15(2)10-31-25-16(9-29)11-32-26-20(25)7-17(8-22(26)28)33-27(23-13-36(35-34-23)18-3-4-18)21-14-37-24-12-30-6-5-19(21)24/h5-8,11-15,18,27,33-35H,3-4,10H2,1-2H3,(H,31,32)/t27-/m0/s1. The molecule has 1 aliphatic heterocycles. The molecule has 8 nitrogen and oxygen atoms in total. The summed E-state index contributed by atoms with van der Waals surface area (Å²) in [6.45, 7) is 5.00. The Morgan fingerprint density at radius 3 is 2.92 bits per heavy atom. The number of pyridine rings is 2. The van der Waals surface area contributed by atoms with E-state index in [1.807, 2.05) is 24.5 Å². The Bertz CT molecular complexity index is 1550. The topological polar surface area (TPSA) is 101 Å². The lowest BCUT2D eigenvalue weighted by atomic mass is 10.0. The van der Waals surface area contributed by atoms with Gasteiger partial charge in [0.05, 0.1) is 38.2 Å². The SMILES string of the molecule is CC(C)CNc1c(C#N)cnc2c(Cl)cc(N[C@H](C3=CN(C4CC4)NN3)c3csc4cnccc34)cc12. The predicted octanol–water partition coefficient (Wildman–Crippen LogP) is 5.92. The molecule has 1 aliphatic carbocycles. The minimum absolute atomic E-state index is 0.167. The van der Waals surface area contributed by atoms with Crippen LogP contribution < -0.4 is 21.6 Å². The number of benzene rings is 1. The van der Waals surface area contributed by atoms with Gasteiger partial charge < -0.3 is 16.1 Å². The fourth-order valence-corrected chi connectivity index (χ4v) is 5.80. The number of hydrogen-bond donors (Lipinski definition) is 4. The van der Waals surface area contributed by atoms with Crippen molar-refractivity contribution < 1.29 is 0 Å². The highest BCUT2D eigenvalue weighted by Gasteiger charge is 2.33. The van der Waals surface area contributed by atoms with Crippen LogP contribution >= 0.6 is 22.9 Å². The molecule has 0 spiro atoms. The summed E-state index contributed by atoms with van der Waals surface area (Å²) >= 11 is 8.44. The minimum Gasteiger partial charge on any atom is -0.383 e. The zero-order chi connectivity index (χ0) is 25.5. The first-order valence-corrected chi connectivity index (χ1v) is 13.6. The molecule has 1 saturated carbocycles. The third kappa shape index (κ3) is 4.64. The number of nitriles is 1. The molecule has 6 rings (SSSR count). The molecule has 2 aliphatic rings. The van der Waals surface area contributed by atoms with E-state index in [9.17, 15) is 5.26 Å². The number of nitrogens with zero attached hydrogens (tertiary/aromatic N) is 4. The van der Waals surface area contributed by atoms with Gasteiger partial charge in [-0.05, 0) is 47.9 Å². The molecule has 37 heavy (non-hydrogen) atoms. The first kappa shape index (κ1) is 23.8. The van der Waals surface area contributed by atoms with Gasteiger partial charge in [-0.2, -0.15) is 5.26 Å². The van der Waals surface area contributed by atoms with Crippen molar-refractivity contribution in [2.24, 2.45) is 5.92 Å². The highest BCUT2D eigenvalue weighted by molar-refractivity contribution is 7.17. The zero-order valence-corrected chi connectivity index (χ0v) is 22.1. The number of halogens is 1. The Labute approximate surface area is 224 Å². The monoisotopic (exact) mass is 530 g/mol. The van der Waals surface area contributed by atoms with Gasteiger partial charge in [0.15, 0.2) is 0 Å². The molecule has 0 unspecified atom stereocenters. The van der Waals surface area contributed by atoms with Gasteiger partial charge in [-0.1, -0.05) is 25.4 Å². The molecular formula is C27H27ClN8S. The molecule has 4 N–H and O–H groups in total. The van der Waals surface area contributed by atoms with Gasteiger partial charge in [-0.15, -0.1) is 16.9 Å². The number of rotatable bonds is 8. The fraction of sp³-hybridized carbons (Fsp3) is 0.296. The van der Waals surface area contributed by atoms with Crippen LogP contribution in [0.1, 0.15) is 43.9 Å². The van der Waals surface area contributed by atoms with Crippen molar-refractivity contribution >= 4 is 55.3 Å². The summed E-state index contributed by atoms with van der Waals surface area (Å²) in [4.78, 5) is 8.79. The highest BCUT2D eigenvalue weighted by atomic mass is 35.5. The van der Waals surface area contributed by atoms with Gasteiger partial charge in [-0.25, -0.2) is 0 Å². The summed E-state index contributed by atoms with van der Waals surface area (Å²) in [6, 6.07) is 8.62. The van der Waals surface area contributed by atoms with Crippen LogP contribution in [0, 0.1) is 17.2 Å². The quantitative estimate of drug-likeness (QED) is 0.223. The van der Waals surface area contributed by atoms with Gasteiger partial charge in [-0.3, -0.25) is 15.0 Å². The number of hydrazine groups is 2. The van der Waals surface area contributed by atoms with Crippen LogP contribution in [0.2, 0.25) is 5.02 Å². The lowest BCUT2D eigenvalue weighted by Crippen LogP contribution is -2.38. The van der Waals surface area contributed by atoms with Gasteiger partial charge in [0.2, 0.25) is 0 Å². The molecule has 4 aromatic rings. The molecule has 3 aromatic heterocycles. The summed E-state index contributed by atoms with van der Waals surface area (Å²) in [5, 5.41) is 23.8. The Balaban J connectivity index is 1.44. The van der Waals surface area contributed by atoms with Crippen molar-refractivity contribution in [2.75, 3.05) is 17.2 Å². The molecular weight excluding hydrogens is 504 g/mol. The molecule has 0 bridgehead atoms. The number of nitrogens with one attached hydrogen (secondary N) is 4. The van der Waals surface area contributed by atoms with Crippen molar-refractivity contribution in [3.63, 3.8) is 0 Å². The Hall–Kier alpha value is -3.58. The van der Waals surface area contributed by atoms with E-state index in [2.05, 4.69) is 74.1 Å². The summed E-state index contributed by atoms with van der Waals surface area (Å²) < 4.78 is 1.13. The molecule has 1 aromatic carbocycles. The largest absolute Gasteiger partial charge is 0.383 e. The molecule has 188 valence electrons. The third-order valence-corrected chi connectivity index (χ3v) is 7.86. The number of hydrogen-bond acceptors (Lipinski definition) is 9. The molecule has 10 heteroatoms. The van der Waals surface area contributed by atoms with E-state index in [1.54, 1.807) is 17.5 Å². The highest BCUT2D eigenvalue weighted by Crippen LogP contribution is 2.39. The van der Waals surface area contributed by atoms with Crippen LogP contribution in [0.5, 0.6) is 0 Å². The van der Waals surface area contributed by atoms with Crippen molar-refractivity contribution in [3.8, 4) is 6.07 Å². The maximum Gasteiger partial charge on any atom is 0.103 e. The number of fused-ring (bicyclic) bond motifs is 2. The second-order valence-corrected chi connectivity index (χ2v) is 11.2. The second-order valence-electron chi connectivity index (χ2n) is 9.89. The van der Waals surface area contributed by atoms with Crippen LogP contribution in [0.3, 0.4) is 0 Å². The van der Waals surface area contributed by atoms with E-state index >= 15 is 0 Å². The smallest absolute Gasteiger partial charge is 0.103 e. The van der Waals surface area contributed by atoms with Crippen LogP contribution in [-0.2, 0) is 0 Å². The van der Waals surface area contributed by atoms with Crippen LogP contribution in [0.25, 0.3) is 21.0 Å². The zero-order valence-electron chi connectivity index (χ0n) is 20.5. The molecule has 4 heterocycles. The molecule has 0 radical (unpaired) electrons. The van der Waals surface area contributed by atoms with Crippen LogP contribution in [0.4, 0.5) is 11.4 Å². The van der Waals surface area contributed by atoms with Crippen molar-refractivity contribution in [3.05, 3.63) is 70.2 Å². The first-order chi connectivity index (χ1) is 18.0.